The Morgan fingerprint density at radius 2 is 1.14 bits per heavy atom. The Labute approximate surface area is 343 Å². The Morgan fingerprint density at radius 3 is 1.93 bits per heavy atom. The highest BCUT2D eigenvalue weighted by atomic mass is 32.1. The van der Waals surface area contributed by atoms with E-state index in [1.807, 2.05) is 11.3 Å². The van der Waals surface area contributed by atoms with E-state index in [4.69, 9.17) is 0 Å². The molecule has 0 bridgehead atoms. The van der Waals surface area contributed by atoms with E-state index in [-0.39, 0.29) is 0 Å². The summed E-state index contributed by atoms with van der Waals surface area (Å²) < 4.78 is 6.47. The van der Waals surface area contributed by atoms with Crippen LogP contribution in [0.5, 0.6) is 0 Å². The molecule has 3 heterocycles. The zero-order valence-electron chi connectivity index (χ0n) is 32.6. The van der Waals surface area contributed by atoms with E-state index >= 15 is 0 Å². The highest BCUT2D eigenvalue weighted by Crippen LogP contribution is 2.44. The van der Waals surface area contributed by atoms with Gasteiger partial charge in [0.05, 0.1) is 11.0 Å². The fraction of sp³-hybridized carbons (Fsp3) is 0.127. The zero-order chi connectivity index (χ0) is 38.3. The summed E-state index contributed by atoms with van der Waals surface area (Å²) in [5.74, 6) is 0.417. The van der Waals surface area contributed by atoms with Crippen LogP contribution in [-0.4, -0.2) is 9.13 Å². The van der Waals surface area contributed by atoms with Crippen LogP contribution in [0.4, 0.5) is 0 Å². The van der Waals surface area contributed by atoms with Gasteiger partial charge in [0.25, 0.3) is 0 Å². The van der Waals surface area contributed by atoms with Crippen molar-refractivity contribution >= 4 is 61.5 Å². The molecular weight excluding hydrogens is 721 g/mol. The molecule has 3 heteroatoms. The molecule has 0 N–H and O–H groups in total. The van der Waals surface area contributed by atoms with E-state index in [9.17, 15) is 0 Å². The van der Waals surface area contributed by atoms with Gasteiger partial charge in [0.2, 0.25) is 0 Å². The lowest BCUT2D eigenvalue weighted by molar-refractivity contribution is 0.716. The van der Waals surface area contributed by atoms with Gasteiger partial charge < -0.3 is 9.13 Å². The highest BCUT2D eigenvalue weighted by Gasteiger charge is 2.28. The summed E-state index contributed by atoms with van der Waals surface area (Å²) in [7, 11) is 0. The summed E-state index contributed by atoms with van der Waals surface area (Å²) in [5, 5.41) is 3.92. The molecule has 6 aromatic carbocycles. The second kappa shape index (κ2) is 13.3. The highest BCUT2D eigenvalue weighted by molar-refractivity contribution is 7.19. The Hall–Kier alpha value is -6.42. The monoisotopic (exact) mass is 762 g/mol. The lowest BCUT2D eigenvalue weighted by Gasteiger charge is -2.22. The minimum Gasteiger partial charge on any atom is -0.313 e. The van der Waals surface area contributed by atoms with Gasteiger partial charge in [-0.15, -0.1) is 11.3 Å². The molecule has 58 heavy (non-hydrogen) atoms. The normalized spacial score (nSPS) is 15.6. The summed E-state index contributed by atoms with van der Waals surface area (Å²) in [4.78, 5) is 1.51. The molecule has 12 rings (SSSR count). The number of rotatable bonds is 5. The Kier molecular flexibility index (Phi) is 7.74. The van der Waals surface area contributed by atoms with Gasteiger partial charge in [0, 0.05) is 54.4 Å². The maximum atomic E-state index is 2.61. The number of benzene rings is 6. The zero-order valence-corrected chi connectivity index (χ0v) is 33.4. The van der Waals surface area contributed by atoms with Gasteiger partial charge >= 0.3 is 0 Å². The topological polar surface area (TPSA) is 9.86 Å². The van der Waals surface area contributed by atoms with Crippen molar-refractivity contribution in [2.24, 2.45) is 0 Å². The summed E-state index contributed by atoms with van der Waals surface area (Å²) in [6.07, 6.45) is 19.7. The second-order valence-corrected chi connectivity index (χ2v) is 17.5. The minimum absolute atomic E-state index is 0.417. The fourth-order valence-corrected chi connectivity index (χ4v) is 11.3. The summed E-state index contributed by atoms with van der Waals surface area (Å²) in [5.41, 5.74) is 19.3. The van der Waals surface area contributed by atoms with Crippen molar-refractivity contribution in [3.63, 3.8) is 0 Å². The third-order valence-corrected chi connectivity index (χ3v) is 14.0. The van der Waals surface area contributed by atoms with Gasteiger partial charge in [0.15, 0.2) is 0 Å². The average molecular weight is 763 g/mol. The third kappa shape index (κ3) is 5.30. The first-order valence-electron chi connectivity index (χ1n) is 20.8. The second-order valence-electron chi connectivity index (χ2n) is 16.3. The summed E-state index contributed by atoms with van der Waals surface area (Å²) in [6, 6.07) is 50.4. The van der Waals surface area contributed by atoms with Crippen LogP contribution in [0, 0.1) is 0 Å². The van der Waals surface area contributed by atoms with Gasteiger partial charge in [-0.1, -0.05) is 110 Å². The molecule has 0 amide bonds. The van der Waals surface area contributed by atoms with Crippen molar-refractivity contribution in [1.82, 2.24) is 9.13 Å². The number of fused-ring (bicyclic) bond motifs is 9. The van der Waals surface area contributed by atoms with Crippen molar-refractivity contribution < 1.29 is 0 Å². The van der Waals surface area contributed by atoms with Crippen molar-refractivity contribution in [3.05, 3.63) is 185 Å². The molecule has 3 aromatic heterocycles. The number of thiophene rings is 1. The molecule has 3 aliphatic rings. The Bertz CT molecular complexity index is 3160. The van der Waals surface area contributed by atoms with Crippen LogP contribution in [0.1, 0.15) is 65.1 Å². The molecule has 3 aliphatic carbocycles. The minimum atomic E-state index is 0.417. The van der Waals surface area contributed by atoms with E-state index in [0.29, 0.717) is 5.92 Å². The maximum absolute atomic E-state index is 2.61. The first-order valence-corrected chi connectivity index (χ1v) is 21.7. The van der Waals surface area contributed by atoms with Crippen LogP contribution in [-0.2, 0) is 12.8 Å². The standard InChI is InChI=1S/C55H42N2S/c1-35-14-13-21-48-46-19-7-11-24-52(46)57(55(35)48)43-32-41(31-42(34-43)56-50-22-9-5-17-44(50)45-18-6-10-23-51(45)56)40-29-38(36-15-3-2-4-16-36)28-39(30-40)37-26-27-54-49(33-37)47-20-8-12-25-53(47)58-54/h2-6,8-11,13,15-18,20-24,26-35H,7,12,14,19,25H2,1H3. The molecule has 0 saturated carbocycles. The molecule has 0 radical (unpaired) electrons. The van der Waals surface area contributed by atoms with Crippen molar-refractivity contribution in [1.29, 1.82) is 0 Å². The van der Waals surface area contributed by atoms with E-state index in [1.165, 1.54) is 110 Å². The van der Waals surface area contributed by atoms with Gasteiger partial charge in [-0.05, 0) is 149 Å². The smallest absolute Gasteiger partial charge is 0.0541 e. The molecule has 0 spiro atoms. The Balaban J connectivity index is 1.14. The van der Waals surface area contributed by atoms with Crippen LogP contribution in [0.25, 0.3) is 94.9 Å². The predicted octanol–water partition coefficient (Wildman–Crippen LogP) is 15.2. The number of para-hydroxylation sites is 2. The van der Waals surface area contributed by atoms with Crippen LogP contribution in [0.3, 0.4) is 0 Å². The lowest BCUT2D eigenvalue weighted by Crippen LogP contribution is -2.09. The SMILES string of the molecule is CC1CC=Cc2c3c(n(-c4cc(-c5cc(-c6ccccc6)cc(-c6ccc7sc8c(c7c6)C=CCC8)c5)cc(-n5c6ccccc6c6ccccc65)c4)c21)C=CCC3. The maximum Gasteiger partial charge on any atom is 0.0541 e. The van der Waals surface area contributed by atoms with E-state index in [0.717, 1.165) is 32.1 Å². The third-order valence-electron chi connectivity index (χ3n) is 12.8. The van der Waals surface area contributed by atoms with Crippen LogP contribution >= 0.6 is 11.3 Å². The van der Waals surface area contributed by atoms with Gasteiger partial charge in [-0.3, -0.25) is 0 Å². The number of aromatic nitrogens is 2. The van der Waals surface area contributed by atoms with Gasteiger partial charge in [-0.25, -0.2) is 0 Å². The van der Waals surface area contributed by atoms with Crippen LogP contribution in [0.2, 0.25) is 0 Å². The molecule has 1 atom stereocenters. The number of aryl methyl sites for hydroxylation is 1. The lowest BCUT2D eigenvalue weighted by atomic mass is 9.90. The number of allylic oxidation sites excluding steroid dienone is 3. The van der Waals surface area contributed by atoms with Gasteiger partial charge in [-0.2, -0.15) is 0 Å². The van der Waals surface area contributed by atoms with Crippen LogP contribution in [0.15, 0.2) is 152 Å². The Morgan fingerprint density at radius 1 is 0.500 bits per heavy atom. The fourth-order valence-electron chi connectivity index (χ4n) is 10.1. The van der Waals surface area contributed by atoms with Crippen molar-refractivity contribution in [2.45, 2.75) is 44.9 Å². The molecule has 2 nitrogen and oxygen atoms in total. The molecule has 0 saturated heterocycles. The number of hydrogen-bond donors (Lipinski definition) is 0. The summed E-state index contributed by atoms with van der Waals surface area (Å²) in [6.45, 7) is 2.40. The van der Waals surface area contributed by atoms with E-state index < -0.39 is 0 Å². The quantitative estimate of drug-likeness (QED) is 0.165. The first kappa shape index (κ1) is 33.7. The number of hydrogen-bond acceptors (Lipinski definition) is 1. The van der Waals surface area contributed by atoms with Gasteiger partial charge in [0.1, 0.15) is 0 Å². The van der Waals surface area contributed by atoms with Crippen molar-refractivity contribution in [2.75, 3.05) is 0 Å². The van der Waals surface area contributed by atoms with Crippen LogP contribution < -0.4 is 0 Å². The largest absolute Gasteiger partial charge is 0.313 e. The molecule has 0 fully saturated rings. The average Bonchev–Trinajstić information content (AvgIpc) is 3.95. The first-order chi connectivity index (χ1) is 28.7. The molecule has 0 aliphatic heterocycles. The predicted molar refractivity (Wildman–Crippen MR) is 249 cm³/mol. The van der Waals surface area contributed by atoms with E-state index in [2.05, 4.69) is 186 Å². The molecule has 9 aromatic rings. The molecule has 278 valence electrons. The number of nitrogens with zero attached hydrogens (tertiary/aromatic N) is 2. The van der Waals surface area contributed by atoms with Crippen molar-refractivity contribution in [3.8, 4) is 44.8 Å². The molecular formula is C55H42N2S. The molecule has 1 unspecified atom stereocenters. The summed E-state index contributed by atoms with van der Waals surface area (Å²) >= 11 is 1.96. The van der Waals surface area contributed by atoms with E-state index in [1.54, 1.807) is 0 Å².